The van der Waals surface area contributed by atoms with E-state index in [4.69, 9.17) is 14.8 Å². The summed E-state index contributed by atoms with van der Waals surface area (Å²) in [6.45, 7) is 3.13. The number of fused-ring (bicyclic) bond motifs is 3. The summed E-state index contributed by atoms with van der Waals surface area (Å²) in [5.41, 5.74) is 2.08. The Bertz CT molecular complexity index is 1010. The Morgan fingerprint density at radius 3 is 2.93 bits per heavy atom. The molecule has 2 aromatic heterocycles. The van der Waals surface area contributed by atoms with Crippen molar-refractivity contribution in [2.45, 2.75) is 31.3 Å². The Hall–Kier alpha value is -1.67. The van der Waals surface area contributed by atoms with Crippen LogP contribution in [-0.4, -0.2) is 40.2 Å². The smallest absolute Gasteiger partial charge is 0.267 e. The Morgan fingerprint density at radius 1 is 1.32 bits per heavy atom. The largest absolute Gasteiger partial charge is 0.394 e. The van der Waals surface area contributed by atoms with Gasteiger partial charge in [0.05, 0.1) is 30.9 Å². The second kappa shape index (κ2) is 8.78. The van der Waals surface area contributed by atoms with Crippen molar-refractivity contribution in [3.8, 4) is 5.69 Å². The van der Waals surface area contributed by atoms with Crippen LogP contribution in [-0.2, 0) is 17.6 Å². The highest BCUT2D eigenvalue weighted by molar-refractivity contribution is 7.99. The Balaban J connectivity index is 1.79. The molecule has 0 saturated carbocycles. The first-order valence-electron chi connectivity index (χ1n) is 9.63. The fourth-order valence-electron chi connectivity index (χ4n) is 3.63. The van der Waals surface area contributed by atoms with Crippen molar-refractivity contribution in [2.24, 2.45) is 5.92 Å². The summed E-state index contributed by atoms with van der Waals surface area (Å²) in [5, 5.41) is 10.3. The first kappa shape index (κ1) is 19.6. The van der Waals surface area contributed by atoms with Crippen LogP contribution in [0.2, 0.25) is 0 Å². The Morgan fingerprint density at radius 2 is 2.14 bits per heavy atom. The van der Waals surface area contributed by atoms with Gasteiger partial charge in [-0.3, -0.25) is 9.36 Å². The first-order valence-corrected chi connectivity index (χ1v) is 11.4. The van der Waals surface area contributed by atoms with E-state index in [1.54, 1.807) is 15.9 Å². The van der Waals surface area contributed by atoms with Crippen LogP contribution in [0.15, 0.2) is 40.3 Å². The van der Waals surface area contributed by atoms with Crippen LogP contribution < -0.4 is 5.56 Å². The molecule has 1 aliphatic carbocycles. The molecule has 1 N–H and O–H groups in total. The first-order chi connectivity index (χ1) is 13.7. The zero-order valence-electron chi connectivity index (χ0n) is 15.9. The topological polar surface area (TPSA) is 64.3 Å². The molecule has 5 nitrogen and oxygen atoms in total. The number of nitrogens with zero attached hydrogens (tertiary/aromatic N) is 2. The average Bonchev–Trinajstić information content (AvgIpc) is 3.06. The van der Waals surface area contributed by atoms with Crippen molar-refractivity contribution in [1.82, 2.24) is 9.55 Å². The van der Waals surface area contributed by atoms with E-state index >= 15 is 0 Å². The number of aromatic nitrogens is 2. The van der Waals surface area contributed by atoms with Crippen LogP contribution in [0, 0.1) is 5.92 Å². The average molecular weight is 417 g/mol. The van der Waals surface area contributed by atoms with Crippen LogP contribution in [0.1, 0.15) is 23.8 Å². The third-order valence-corrected chi connectivity index (χ3v) is 7.06. The summed E-state index contributed by atoms with van der Waals surface area (Å²) in [5.74, 6) is 1.34. The van der Waals surface area contributed by atoms with Crippen LogP contribution in [0.25, 0.3) is 15.9 Å². The van der Waals surface area contributed by atoms with Gasteiger partial charge in [0.2, 0.25) is 0 Å². The Kier molecular flexibility index (Phi) is 6.16. The van der Waals surface area contributed by atoms with Crippen LogP contribution in [0.3, 0.4) is 0 Å². The number of thiophene rings is 1. The fraction of sp³-hybridized carbons (Fsp3) is 0.429. The van der Waals surface area contributed by atoms with Crippen LogP contribution >= 0.6 is 23.1 Å². The molecule has 4 rings (SSSR count). The molecule has 7 heteroatoms. The highest BCUT2D eigenvalue weighted by Crippen LogP contribution is 2.36. The maximum atomic E-state index is 13.6. The molecule has 0 aliphatic heterocycles. The van der Waals surface area contributed by atoms with Gasteiger partial charge in [-0.1, -0.05) is 36.9 Å². The van der Waals surface area contributed by atoms with E-state index in [2.05, 4.69) is 6.92 Å². The number of hydrogen-bond acceptors (Lipinski definition) is 6. The minimum atomic E-state index is 0.0166. The van der Waals surface area contributed by atoms with Gasteiger partial charge < -0.3 is 9.84 Å². The normalized spacial score (nSPS) is 16.4. The molecule has 1 aromatic carbocycles. The van der Waals surface area contributed by atoms with Crippen molar-refractivity contribution in [3.05, 3.63) is 51.1 Å². The van der Waals surface area contributed by atoms with Gasteiger partial charge in [-0.15, -0.1) is 11.3 Å². The molecule has 3 aromatic rings. The highest BCUT2D eigenvalue weighted by Gasteiger charge is 2.25. The predicted molar refractivity (Wildman–Crippen MR) is 115 cm³/mol. The van der Waals surface area contributed by atoms with E-state index in [0.717, 1.165) is 35.2 Å². The van der Waals surface area contributed by atoms with E-state index < -0.39 is 0 Å². The quantitative estimate of drug-likeness (QED) is 0.362. The third kappa shape index (κ3) is 3.89. The van der Waals surface area contributed by atoms with Crippen molar-refractivity contribution >= 4 is 33.3 Å². The minimum absolute atomic E-state index is 0.0166. The molecule has 1 atom stereocenters. The number of ether oxygens (including phenoxy) is 1. The number of benzene rings is 1. The van der Waals surface area contributed by atoms with E-state index in [9.17, 15) is 4.79 Å². The van der Waals surface area contributed by atoms with Crippen molar-refractivity contribution < 1.29 is 9.84 Å². The molecule has 1 aliphatic rings. The van der Waals surface area contributed by atoms with E-state index in [0.29, 0.717) is 30.0 Å². The molecule has 2 heterocycles. The number of aliphatic hydroxyl groups excluding tert-OH is 1. The second-order valence-electron chi connectivity index (χ2n) is 7.09. The number of aryl methyl sites for hydroxylation is 1. The summed E-state index contributed by atoms with van der Waals surface area (Å²) >= 11 is 3.20. The predicted octanol–water partition coefficient (Wildman–Crippen LogP) is 3.67. The lowest BCUT2D eigenvalue weighted by Gasteiger charge is -2.17. The van der Waals surface area contributed by atoms with Crippen molar-refractivity contribution in [1.29, 1.82) is 0 Å². The maximum Gasteiger partial charge on any atom is 0.267 e. The standard InChI is InChI=1S/C21H24N2O3S2/c1-14-7-8-16-17(13-14)28-19-18(16)20(25)23(15-5-3-2-4-6-15)21(22-19)27-12-11-26-10-9-24/h2-6,14,24H,7-13H2,1H3. The Labute approximate surface area is 172 Å². The van der Waals surface area contributed by atoms with Crippen molar-refractivity contribution in [2.75, 3.05) is 25.6 Å². The van der Waals surface area contributed by atoms with Gasteiger partial charge >= 0.3 is 0 Å². The third-order valence-electron chi connectivity index (χ3n) is 5.01. The van der Waals surface area contributed by atoms with Gasteiger partial charge in [-0.25, -0.2) is 4.98 Å². The second-order valence-corrected chi connectivity index (χ2v) is 9.23. The fourth-order valence-corrected chi connectivity index (χ4v) is 5.92. The van der Waals surface area contributed by atoms with Crippen molar-refractivity contribution in [3.63, 3.8) is 0 Å². The minimum Gasteiger partial charge on any atom is -0.394 e. The molecule has 0 amide bonds. The summed E-state index contributed by atoms with van der Waals surface area (Å²) < 4.78 is 7.10. The van der Waals surface area contributed by atoms with Gasteiger partial charge in [-0.2, -0.15) is 0 Å². The molecule has 148 valence electrons. The zero-order valence-corrected chi connectivity index (χ0v) is 17.5. The van der Waals surface area contributed by atoms with Gasteiger partial charge in [0.15, 0.2) is 5.16 Å². The van der Waals surface area contributed by atoms with Gasteiger partial charge in [0.25, 0.3) is 5.56 Å². The number of aliphatic hydroxyl groups is 1. The van der Waals surface area contributed by atoms with Gasteiger partial charge in [0.1, 0.15) is 4.83 Å². The zero-order chi connectivity index (χ0) is 19.5. The molecular weight excluding hydrogens is 392 g/mol. The number of thioether (sulfide) groups is 1. The molecule has 0 bridgehead atoms. The van der Waals surface area contributed by atoms with E-state index in [-0.39, 0.29) is 12.2 Å². The lowest BCUT2D eigenvalue weighted by Crippen LogP contribution is -2.22. The maximum absolute atomic E-state index is 13.6. The molecule has 0 spiro atoms. The lowest BCUT2D eigenvalue weighted by molar-refractivity contribution is 0.103. The summed E-state index contributed by atoms with van der Waals surface area (Å²) in [6, 6.07) is 9.72. The van der Waals surface area contributed by atoms with Crippen LogP contribution in [0.4, 0.5) is 0 Å². The molecule has 0 radical (unpaired) electrons. The van der Waals surface area contributed by atoms with Gasteiger partial charge in [0, 0.05) is 10.6 Å². The number of hydrogen-bond donors (Lipinski definition) is 1. The number of para-hydroxylation sites is 1. The van der Waals surface area contributed by atoms with Crippen LogP contribution in [0.5, 0.6) is 0 Å². The molecule has 1 unspecified atom stereocenters. The van der Waals surface area contributed by atoms with E-state index in [1.165, 1.54) is 22.2 Å². The molecule has 0 fully saturated rings. The monoisotopic (exact) mass is 416 g/mol. The summed E-state index contributed by atoms with van der Waals surface area (Å²) in [4.78, 5) is 20.6. The molecular formula is C21H24N2O3S2. The summed E-state index contributed by atoms with van der Waals surface area (Å²) in [7, 11) is 0. The molecule has 28 heavy (non-hydrogen) atoms. The highest BCUT2D eigenvalue weighted by atomic mass is 32.2. The molecule has 0 saturated heterocycles. The van der Waals surface area contributed by atoms with E-state index in [1.807, 2.05) is 30.3 Å². The lowest BCUT2D eigenvalue weighted by atomic mass is 9.89. The summed E-state index contributed by atoms with van der Waals surface area (Å²) in [6.07, 6.45) is 3.13. The number of rotatable bonds is 7. The van der Waals surface area contributed by atoms with Gasteiger partial charge in [-0.05, 0) is 42.9 Å². The SMILES string of the molecule is CC1CCc2c(sc3nc(SCCOCCO)n(-c4ccccc4)c(=O)c23)C1.